The summed E-state index contributed by atoms with van der Waals surface area (Å²) in [4.78, 5) is 48.5. The van der Waals surface area contributed by atoms with Crippen molar-refractivity contribution in [1.29, 1.82) is 5.41 Å². The van der Waals surface area contributed by atoms with Crippen LogP contribution < -0.4 is 34.6 Å². The average Bonchev–Trinajstić information content (AvgIpc) is 3.83. The van der Waals surface area contributed by atoms with Gasteiger partial charge in [-0.2, -0.15) is 9.89 Å². The van der Waals surface area contributed by atoms with Crippen LogP contribution in [0.2, 0.25) is 0 Å². The monoisotopic (exact) mass is 681 g/mol. The van der Waals surface area contributed by atoms with E-state index in [0.29, 0.717) is 40.1 Å². The largest absolute Gasteiger partial charge is 0.496 e. The fourth-order valence-electron chi connectivity index (χ4n) is 6.74. The average molecular weight is 682 g/mol. The van der Waals surface area contributed by atoms with Crippen molar-refractivity contribution in [2.24, 2.45) is 9.98 Å². The molecular formula is C32H39N7O10+2. The van der Waals surface area contributed by atoms with Crippen LogP contribution in [0.25, 0.3) is 5.57 Å². The lowest BCUT2D eigenvalue weighted by Crippen LogP contribution is -3.36. The third kappa shape index (κ3) is 5.89. The number of carbonyl (C=O) groups excluding carboxylic acids is 3. The summed E-state index contributed by atoms with van der Waals surface area (Å²) in [7, 11) is 1.44. The maximum absolute atomic E-state index is 13.2. The molecule has 5 atom stereocenters. The number of aliphatic hydroxyl groups excluding tert-OH is 2. The zero-order valence-electron chi connectivity index (χ0n) is 27.2. The fraction of sp³-hybridized carbons (Fsp3) is 0.438. The van der Waals surface area contributed by atoms with Crippen LogP contribution in [0.15, 0.2) is 39.8 Å². The van der Waals surface area contributed by atoms with E-state index < -0.39 is 36.5 Å². The van der Waals surface area contributed by atoms with Crippen LogP contribution in [0, 0.1) is 5.41 Å². The van der Waals surface area contributed by atoms with Crippen molar-refractivity contribution in [2.45, 2.75) is 57.7 Å². The molecule has 0 saturated carbocycles. The molecule has 0 spiro atoms. The minimum Gasteiger partial charge on any atom is -0.496 e. The molecule has 260 valence electrons. The molecule has 0 radical (unpaired) electrons. The molecule has 49 heavy (non-hydrogen) atoms. The highest BCUT2D eigenvalue weighted by Gasteiger charge is 2.47. The highest BCUT2D eigenvalue weighted by atomic mass is 16.6. The first-order valence-electron chi connectivity index (χ1n) is 15.9. The summed E-state index contributed by atoms with van der Waals surface area (Å²) in [5, 5.41) is 44.8. The lowest BCUT2D eigenvalue weighted by molar-refractivity contribution is -1.05. The van der Waals surface area contributed by atoms with Gasteiger partial charge in [0.2, 0.25) is 17.4 Å². The Bertz CT molecular complexity index is 1760. The van der Waals surface area contributed by atoms with Gasteiger partial charge in [0.05, 0.1) is 48.8 Å². The van der Waals surface area contributed by atoms with Gasteiger partial charge in [0.15, 0.2) is 13.0 Å². The van der Waals surface area contributed by atoms with Crippen molar-refractivity contribution in [3.05, 3.63) is 46.5 Å². The fourth-order valence-corrected chi connectivity index (χ4v) is 6.74. The quantitative estimate of drug-likeness (QED) is 0.0810. The molecule has 1 aromatic carbocycles. The number of amidine groups is 1. The van der Waals surface area contributed by atoms with Crippen LogP contribution in [-0.4, -0.2) is 103 Å². The SMILES string of the molecule is CCOC(=O)C1=C(C=O)C(=CC[NH+]2C=CNC2[NH+]2CN=C3C(=O)NC(=N)N=C32)c2c(OC)c3c(c(CO)c2O1)OC(C(C)(O)CCCO)C3. The number of guanidine groups is 1. The summed E-state index contributed by atoms with van der Waals surface area (Å²) in [5.41, 5.74) is 0.0537. The second kappa shape index (κ2) is 13.5. The van der Waals surface area contributed by atoms with Crippen LogP contribution >= 0.6 is 0 Å². The smallest absolute Gasteiger partial charge is 0.375 e. The first kappa shape index (κ1) is 33.9. The number of hydrogen-bond acceptors (Lipinski definition) is 13. The maximum atomic E-state index is 13.2. The number of amides is 1. The van der Waals surface area contributed by atoms with Crippen molar-refractivity contribution < 1.29 is 58.5 Å². The van der Waals surface area contributed by atoms with Gasteiger partial charge in [-0.1, -0.05) is 0 Å². The van der Waals surface area contributed by atoms with Crippen molar-refractivity contribution >= 4 is 41.2 Å². The molecule has 5 aliphatic rings. The van der Waals surface area contributed by atoms with Crippen molar-refractivity contribution in [1.82, 2.24) is 10.6 Å². The summed E-state index contributed by atoms with van der Waals surface area (Å²) in [5.74, 6) is -1.14. The maximum Gasteiger partial charge on any atom is 0.375 e. The Morgan fingerprint density at radius 2 is 2.10 bits per heavy atom. The number of quaternary nitrogens is 2. The number of aldehydes is 1. The summed E-state index contributed by atoms with van der Waals surface area (Å²) >= 11 is 0. The zero-order valence-corrected chi connectivity index (χ0v) is 27.2. The van der Waals surface area contributed by atoms with Gasteiger partial charge in [-0.25, -0.2) is 14.7 Å². The number of rotatable bonds is 12. The number of nitrogens with zero attached hydrogens (tertiary/aromatic N) is 2. The summed E-state index contributed by atoms with van der Waals surface area (Å²) in [6.45, 7) is 2.98. The number of methoxy groups -OCH3 is 1. The number of benzene rings is 1. The molecule has 5 heterocycles. The number of aliphatic hydroxyl groups is 3. The first-order chi connectivity index (χ1) is 23.6. The number of nitrogens with one attached hydrogen (secondary N) is 5. The van der Waals surface area contributed by atoms with Crippen molar-refractivity contribution in [2.75, 3.05) is 33.5 Å². The summed E-state index contributed by atoms with van der Waals surface area (Å²) in [6, 6.07) is 0. The summed E-state index contributed by atoms with van der Waals surface area (Å²) < 4.78 is 23.5. The lowest BCUT2D eigenvalue weighted by atomic mass is 9.86. The molecule has 5 aliphatic heterocycles. The molecule has 0 saturated heterocycles. The summed E-state index contributed by atoms with van der Waals surface area (Å²) in [6.07, 6.45) is 5.44. The standard InChI is InChI=1S/C32H37N7O10/c1-4-47-29(44)26-18(13-41)16(6-9-38-10-8-34-31(38)39-15-35-22-27(39)36-30(33)37-28(22)43)21-24(46-3)17-12-20(32(2,45)7-5-11-40)48-23(17)19(14-42)25(21)49-26/h6,8,10,13,20,31,34,40,42,45H,4-5,7,9,11-12,14-15H2,1-3H3,(H2,33,37,43)/p+2. The molecular weight excluding hydrogens is 642 g/mol. The third-order valence-corrected chi connectivity index (χ3v) is 9.11. The zero-order chi connectivity index (χ0) is 35.0. The van der Waals surface area contributed by atoms with Gasteiger partial charge in [0, 0.05) is 24.2 Å². The predicted octanol–water partition coefficient (Wildman–Crippen LogP) is -3.19. The molecule has 0 aromatic heterocycles. The molecule has 17 heteroatoms. The van der Waals surface area contributed by atoms with Crippen LogP contribution in [0.5, 0.6) is 17.2 Å². The van der Waals surface area contributed by atoms with Crippen molar-refractivity contribution in [3.8, 4) is 17.2 Å². The number of ether oxygens (including phenoxy) is 4. The molecule has 1 amide bonds. The molecule has 8 N–H and O–H groups in total. The molecule has 0 aliphatic carbocycles. The molecule has 0 fully saturated rings. The second-order valence-electron chi connectivity index (χ2n) is 12.1. The number of esters is 1. The normalized spacial score (nSPS) is 25.6. The van der Waals surface area contributed by atoms with E-state index in [1.54, 1.807) is 26.1 Å². The minimum atomic E-state index is -1.35. The molecule has 0 bridgehead atoms. The molecule has 6 rings (SSSR count). The first-order valence-corrected chi connectivity index (χ1v) is 15.9. The number of fused-ring (bicyclic) bond motifs is 3. The van der Waals surface area contributed by atoms with Gasteiger partial charge < -0.3 is 34.3 Å². The van der Waals surface area contributed by atoms with Crippen LogP contribution in [0.3, 0.4) is 0 Å². The van der Waals surface area contributed by atoms with E-state index in [1.807, 2.05) is 6.20 Å². The molecule has 17 nitrogen and oxygen atoms in total. The lowest BCUT2D eigenvalue weighted by Gasteiger charge is -2.29. The van der Waals surface area contributed by atoms with E-state index in [0.717, 1.165) is 4.90 Å². The van der Waals surface area contributed by atoms with E-state index >= 15 is 0 Å². The number of hydrogen-bond donors (Lipinski definition) is 8. The topological polar surface area (TPSA) is 230 Å². The number of allylic oxidation sites excluding steroid dienone is 2. The van der Waals surface area contributed by atoms with E-state index in [-0.39, 0.29) is 85.1 Å². The third-order valence-electron chi connectivity index (χ3n) is 9.11. The number of carbonyl (C=O) groups is 3. The van der Waals surface area contributed by atoms with Gasteiger partial charge in [-0.05, 0) is 32.8 Å². The Balaban J connectivity index is 1.44. The van der Waals surface area contributed by atoms with Gasteiger partial charge in [-0.3, -0.25) is 25.6 Å². The predicted molar refractivity (Wildman–Crippen MR) is 171 cm³/mol. The van der Waals surface area contributed by atoms with Gasteiger partial charge in [0.1, 0.15) is 36.1 Å². The minimum absolute atomic E-state index is 0.00985. The Morgan fingerprint density at radius 3 is 2.80 bits per heavy atom. The van der Waals surface area contributed by atoms with E-state index in [2.05, 4.69) is 20.6 Å². The Morgan fingerprint density at radius 1 is 1.31 bits per heavy atom. The van der Waals surface area contributed by atoms with E-state index in [4.69, 9.17) is 24.4 Å². The highest BCUT2D eigenvalue weighted by Crippen LogP contribution is 2.54. The Hall–Kier alpha value is -4.94. The van der Waals surface area contributed by atoms with Gasteiger partial charge >= 0.3 is 12.3 Å². The Kier molecular flexibility index (Phi) is 9.37. The highest BCUT2D eigenvalue weighted by molar-refractivity contribution is 6.68. The van der Waals surface area contributed by atoms with Gasteiger partial charge in [0.25, 0.3) is 11.7 Å². The Labute approximate surface area is 280 Å². The van der Waals surface area contributed by atoms with E-state index in [9.17, 15) is 29.7 Å². The molecule has 5 unspecified atom stereocenters. The molecule has 1 aromatic rings. The van der Waals surface area contributed by atoms with Crippen molar-refractivity contribution in [3.63, 3.8) is 0 Å². The van der Waals surface area contributed by atoms with Crippen LogP contribution in [-0.2, 0) is 32.1 Å². The van der Waals surface area contributed by atoms with E-state index in [1.165, 1.54) is 7.11 Å². The second-order valence-corrected chi connectivity index (χ2v) is 12.1. The van der Waals surface area contributed by atoms with Crippen LogP contribution in [0.4, 0.5) is 0 Å². The van der Waals surface area contributed by atoms with Crippen LogP contribution in [0.1, 0.15) is 43.4 Å². The number of aliphatic imine (C=N–C) groups is 2. The van der Waals surface area contributed by atoms with Gasteiger partial charge in [-0.15, -0.1) is 0 Å².